The molecule has 1 atom stereocenters. The van der Waals surface area contributed by atoms with Crippen LogP contribution in [0.5, 0.6) is 0 Å². The van der Waals surface area contributed by atoms with Crippen molar-refractivity contribution in [3.05, 3.63) is 35.9 Å². The van der Waals surface area contributed by atoms with Gasteiger partial charge in [0.1, 0.15) is 6.04 Å². The van der Waals surface area contributed by atoms with E-state index in [-0.39, 0.29) is 12.0 Å². The molecule has 0 spiro atoms. The molecule has 3 heteroatoms. The van der Waals surface area contributed by atoms with Crippen molar-refractivity contribution < 1.29 is 9.53 Å². The topological polar surface area (TPSA) is 38.3 Å². The lowest BCUT2D eigenvalue weighted by Crippen LogP contribution is -2.32. The number of rotatable bonds is 3. The molecule has 1 N–H and O–H groups in total. The zero-order chi connectivity index (χ0) is 9.80. The van der Waals surface area contributed by atoms with Gasteiger partial charge in [0, 0.05) is 13.0 Å². The molecule has 3 nitrogen and oxygen atoms in total. The third kappa shape index (κ3) is 2.12. The Hall–Kier alpha value is -1.35. The fourth-order valence-corrected chi connectivity index (χ4v) is 1.52. The van der Waals surface area contributed by atoms with Crippen LogP contribution in [0.4, 0.5) is 0 Å². The van der Waals surface area contributed by atoms with Crippen LogP contribution in [-0.4, -0.2) is 18.6 Å². The highest BCUT2D eigenvalue weighted by Gasteiger charge is 2.25. The summed E-state index contributed by atoms with van der Waals surface area (Å²) >= 11 is 0. The smallest absolute Gasteiger partial charge is 0.323 e. The normalized spacial score (nSPS) is 20.9. The molecule has 1 aromatic carbocycles. The van der Waals surface area contributed by atoms with Crippen LogP contribution in [0, 0.1) is 0 Å². The van der Waals surface area contributed by atoms with Gasteiger partial charge in [-0.05, 0) is 5.56 Å². The zero-order valence-corrected chi connectivity index (χ0v) is 7.90. The number of benzene rings is 1. The standard InChI is InChI=1S/C11H13NO2/c13-11-10(6-7-14-11)12-8-9-4-2-1-3-5-9/h1-5,10,12H,6-8H2/t10-/m0/s1. The number of carbonyl (C=O) groups is 1. The predicted molar refractivity (Wildman–Crippen MR) is 52.6 cm³/mol. The molecule has 0 amide bonds. The second-order valence-electron chi connectivity index (χ2n) is 3.38. The Labute approximate surface area is 83.1 Å². The van der Waals surface area contributed by atoms with Gasteiger partial charge in [-0.15, -0.1) is 0 Å². The number of hydrogen-bond donors (Lipinski definition) is 1. The van der Waals surface area contributed by atoms with Gasteiger partial charge in [0.2, 0.25) is 0 Å². The molecule has 0 unspecified atom stereocenters. The van der Waals surface area contributed by atoms with Gasteiger partial charge >= 0.3 is 5.97 Å². The quantitative estimate of drug-likeness (QED) is 0.727. The van der Waals surface area contributed by atoms with Crippen molar-refractivity contribution in [3.8, 4) is 0 Å². The Kier molecular flexibility index (Phi) is 2.79. The van der Waals surface area contributed by atoms with Crippen molar-refractivity contribution in [1.29, 1.82) is 0 Å². The lowest BCUT2D eigenvalue weighted by molar-refractivity contribution is -0.139. The fraction of sp³-hybridized carbons (Fsp3) is 0.364. The molecular formula is C11H13NO2. The molecule has 0 bridgehead atoms. The summed E-state index contributed by atoms with van der Waals surface area (Å²) in [6, 6.07) is 9.91. The molecule has 2 rings (SSSR count). The van der Waals surface area contributed by atoms with Gasteiger partial charge in [0.05, 0.1) is 6.61 Å². The Morgan fingerprint density at radius 3 is 2.79 bits per heavy atom. The van der Waals surface area contributed by atoms with Gasteiger partial charge < -0.3 is 10.1 Å². The van der Waals surface area contributed by atoms with E-state index in [0.717, 1.165) is 13.0 Å². The van der Waals surface area contributed by atoms with Crippen molar-refractivity contribution in [2.24, 2.45) is 0 Å². The summed E-state index contributed by atoms with van der Waals surface area (Å²) < 4.78 is 4.85. The molecule has 14 heavy (non-hydrogen) atoms. The van der Waals surface area contributed by atoms with Crippen LogP contribution < -0.4 is 5.32 Å². The average molecular weight is 191 g/mol. The summed E-state index contributed by atoms with van der Waals surface area (Å²) in [5.41, 5.74) is 1.19. The first-order valence-corrected chi connectivity index (χ1v) is 4.80. The molecule has 1 heterocycles. The Balaban J connectivity index is 1.85. The van der Waals surface area contributed by atoms with Gasteiger partial charge in [0.25, 0.3) is 0 Å². The highest BCUT2D eigenvalue weighted by Crippen LogP contribution is 2.07. The van der Waals surface area contributed by atoms with Crippen molar-refractivity contribution >= 4 is 5.97 Å². The molecule has 1 fully saturated rings. The molecule has 1 aliphatic rings. The minimum absolute atomic E-state index is 0.116. The zero-order valence-electron chi connectivity index (χ0n) is 7.90. The second-order valence-corrected chi connectivity index (χ2v) is 3.38. The first kappa shape index (κ1) is 9.21. The first-order valence-electron chi connectivity index (χ1n) is 4.80. The Morgan fingerprint density at radius 2 is 2.14 bits per heavy atom. The van der Waals surface area contributed by atoms with Crippen LogP contribution in [-0.2, 0) is 16.1 Å². The summed E-state index contributed by atoms with van der Waals surface area (Å²) in [5, 5.41) is 3.17. The Morgan fingerprint density at radius 1 is 1.36 bits per heavy atom. The number of hydrogen-bond acceptors (Lipinski definition) is 3. The van der Waals surface area contributed by atoms with Gasteiger partial charge in [-0.2, -0.15) is 0 Å². The third-order valence-electron chi connectivity index (χ3n) is 2.33. The van der Waals surface area contributed by atoms with Crippen molar-refractivity contribution in [2.45, 2.75) is 19.0 Å². The van der Waals surface area contributed by atoms with Gasteiger partial charge in [-0.25, -0.2) is 0 Å². The van der Waals surface area contributed by atoms with Crippen LogP contribution >= 0.6 is 0 Å². The summed E-state index contributed by atoms with van der Waals surface area (Å²) in [4.78, 5) is 11.1. The van der Waals surface area contributed by atoms with Crippen LogP contribution in [0.2, 0.25) is 0 Å². The summed E-state index contributed by atoms with van der Waals surface area (Å²) in [6.07, 6.45) is 0.783. The monoisotopic (exact) mass is 191 g/mol. The Bertz CT molecular complexity index is 310. The fourth-order valence-electron chi connectivity index (χ4n) is 1.52. The number of ether oxygens (including phenoxy) is 1. The van der Waals surface area contributed by atoms with Crippen molar-refractivity contribution in [1.82, 2.24) is 5.32 Å². The molecule has 1 saturated heterocycles. The molecule has 74 valence electrons. The minimum atomic E-state index is -0.124. The van der Waals surface area contributed by atoms with Crippen molar-refractivity contribution in [2.75, 3.05) is 6.61 Å². The van der Waals surface area contributed by atoms with Crippen LogP contribution in [0.3, 0.4) is 0 Å². The average Bonchev–Trinajstić information content (AvgIpc) is 2.63. The molecule has 1 aliphatic heterocycles. The number of cyclic esters (lactones) is 1. The van der Waals surface area contributed by atoms with Crippen LogP contribution in [0.25, 0.3) is 0 Å². The van der Waals surface area contributed by atoms with E-state index in [1.165, 1.54) is 5.56 Å². The third-order valence-corrected chi connectivity index (χ3v) is 2.33. The summed E-state index contributed by atoms with van der Waals surface area (Å²) in [7, 11) is 0. The lowest BCUT2D eigenvalue weighted by atomic mass is 10.2. The van der Waals surface area contributed by atoms with Gasteiger partial charge in [-0.1, -0.05) is 30.3 Å². The van der Waals surface area contributed by atoms with E-state index in [1.54, 1.807) is 0 Å². The van der Waals surface area contributed by atoms with E-state index in [2.05, 4.69) is 5.32 Å². The van der Waals surface area contributed by atoms with Crippen LogP contribution in [0.1, 0.15) is 12.0 Å². The lowest BCUT2D eigenvalue weighted by Gasteiger charge is -2.07. The van der Waals surface area contributed by atoms with Gasteiger partial charge in [0.15, 0.2) is 0 Å². The van der Waals surface area contributed by atoms with E-state index in [9.17, 15) is 4.79 Å². The summed E-state index contributed by atoms with van der Waals surface area (Å²) in [6.45, 7) is 1.27. The number of esters is 1. The maximum atomic E-state index is 11.1. The highest BCUT2D eigenvalue weighted by molar-refractivity contribution is 5.77. The molecule has 0 aromatic heterocycles. The maximum absolute atomic E-state index is 11.1. The van der Waals surface area contributed by atoms with Crippen LogP contribution in [0.15, 0.2) is 30.3 Å². The SMILES string of the molecule is O=C1OCC[C@@H]1NCc1ccccc1. The van der Waals surface area contributed by atoms with E-state index in [4.69, 9.17) is 4.74 Å². The number of carbonyl (C=O) groups excluding carboxylic acids is 1. The maximum Gasteiger partial charge on any atom is 0.323 e. The highest BCUT2D eigenvalue weighted by atomic mass is 16.5. The van der Waals surface area contributed by atoms with E-state index in [0.29, 0.717) is 6.61 Å². The molecule has 1 aromatic rings. The molecule has 0 radical (unpaired) electrons. The molecule has 0 saturated carbocycles. The molecule has 0 aliphatic carbocycles. The molecular weight excluding hydrogens is 178 g/mol. The van der Waals surface area contributed by atoms with E-state index >= 15 is 0 Å². The second kappa shape index (κ2) is 4.24. The number of nitrogens with one attached hydrogen (secondary N) is 1. The van der Waals surface area contributed by atoms with E-state index < -0.39 is 0 Å². The predicted octanol–water partition coefficient (Wildman–Crippen LogP) is 1.09. The van der Waals surface area contributed by atoms with E-state index in [1.807, 2.05) is 30.3 Å². The summed E-state index contributed by atoms with van der Waals surface area (Å²) in [5.74, 6) is -0.124. The minimum Gasteiger partial charge on any atom is -0.464 e. The largest absolute Gasteiger partial charge is 0.464 e. The van der Waals surface area contributed by atoms with Crippen molar-refractivity contribution in [3.63, 3.8) is 0 Å². The first-order chi connectivity index (χ1) is 6.86. The van der Waals surface area contributed by atoms with Gasteiger partial charge in [-0.3, -0.25) is 4.79 Å².